The Labute approximate surface area is 137 Å². The number of aromatic hydroxyl groups is 1. The molecule has 0 spiro atoms. The van der Waals surface area contributed by atoms with E-state index in [2.05, 4.69) is 5.32 Å². The van der Waals surface area contributed by atoms with Gasteiger partial charge in [0.2, 0.25) is 12.7 Å². The minimum Gasteiger partial charge on any atom is -0.508 e. The van der Waals surface area contributed by atoms with Crippen LogP contribution >= 0.6 is 0 Å². The second kappa shape index (κ2) is 5.45. The first kappa shape index (κ1) is 14.4. The van der Waals surface area contributed by atoms with Crippen LogP contribution in [-0.2, 0) is 9.59 Å². The van der Waals surface area contributed by atoms with Crippen LogP contribution in [0, 0.1) is 0 Å². The Morgan fingerprint density at radius 3 is 2.58 bits per heavy atom. The van der Waals surface area contributed by atoms with E-state index >= 15 is 0 Å². The smallest absolute Gasteiger partial charge is 0.256 e. The highest BCUT2D eigenvalue weighted by Gasteiger charge is 2.39. The third-order valence-corrected chi connectivity index (χ3v) is 3.97. The van der Waals surface area contributed by atoms with Gasteiger partial charge in [0.05, 0.1) is 12.1 Å². The van der Waals surface area contributed by atoms with E-state index in [0.29, 0.717) is 22.9 Å². The van der Waals surface area contributed by atoms with Crippen molar-refractivity contribution < 1.29 is 24.2 Å². The first-order valence-corrected chi connectivity index (χ1v) is 7.44. The highest BCUT2D eigenvalue weighted by atomic mass is 16.7. The largest absolute Gasteiger partial charge is 0.508 e. The van der Waals surface area contributed by atoms with Gasteiger partial charge in [-0.3, -0.25) is 9.59 Å². The van der Waals surface area contributed by atoms with E-state index in [0.717, 1.165) is 4.90 Å². The summed E-state index contributed by atoms with van der Waals surface area (Å²) in [7, 11) is 0. The van der Waals surface area contributed by atoms with E-state index in [4.69, 9.17) is 9.47 Å². The number of fused-ring (bicyclic) bond motifs is 1. The number of rotatable bonds is 3. The van der Waals surface area contributed by atoms with Crippen molar-refractivity contribution in [2.24, 2.45) is 0 Å². The lowest BCUT2D eigenvalue weighted by atomic mass is 10.2. The zero-order chi connectivity index (χ0) is 16.7. The first-order valence-electron chi connectivity index (χ1n) is 7.44. The number of phenols is 1. The number of carbonyl (C=O) groups is 2. The fourth-order valence-corrected chi connectivity index (χ4v) is 2.81. The molecule has 7 nitrogen and oxygen atoms in total. The molecule has 0 radical (unpaired) electrons. The molecule has 2 aromatic carbocycles. The van der Waals surface area contributed by atoms with Crippen LogP contribution in [0.4, 0.5) is 11.4 Å². The van der Waals surface area contributed by atoms with Gasteiger partial charge < -0.3 is 19.9 Å². The first-order chi connectivity index (χ1) is 11.6. The van der Waals surface area contributed by atoms with Crippen LogP contribution in [0.5, 0.6) is 17.2 Å². The minimum absolute atomic E-state index is 0.0636. The summed E-state index contributed by atoms with van der Waals surface area (Å²) in [5.74, 6) is 0.715. The van der Waals surface area contributed by atoms with Gasteiger partial charge in [0.25, 0.3) is 5.91 Å². The van der Waals surface area contributed by atoms with Gasteiger partial charge in [-0.1, -0.05) is 0 Å². The van der Waals surface area contributed by atoms with Gasteiger partial charge in [0.1, 0.15) is 11.8 Å². The molecule has 1 unspecified atom stereocenters. The van der Waals surface area contributed by atoms with Crippen molar-refractivity contribution in [3.05, 3.63) is 42.5 Å². The molecule has 0 aromatic heterocycles. The SMILES string of the molecule is O=C1CC(Nc2ccc3c(c2)OCO3)C(=O)N1c1ccc(O)cc1. The summed E-state index contributed by atoms with van der Waals surface area (Å²) in [4.78, 5) is 25.9. The quantitative estimate of drug-likeness (QED) is 0.837. The molecule has 2 aromatic rings. The number of nitrogens with one attached hydrogen (secondary N) is 1. The molecule has 24 heavy (non-hydrogen) atoms. The highest BCUT2D eigenvalue weighted by Crippen LogP contribution is 2.35. The maximum atomic E-state index is 12.6. The molecule has 2 amide bonds. The van der Waals surface area contributed by atoms with Crippen LogP contribution in [0.1, 0.15) is 6.42 Å². The Morgan fingerprint density at radius 1 is 1.04 bits per heavy atom. The van der Waals surface area contributed by atoms with E-state index in [1.165, 1.54) is 24.3 Å². The van der Waals surface area contributed by atoms with E-state index < -0.39 is 6.04 Å². The number of imide groups is 1. The van der Waals surface area contributed by atoms with Crippen LogP contribution in [-0.4, -0.2) is 29.8 Å². The fraction of sp³-hybridized carbons (Fsp3) is 0.176. The Morgan fingerprint density at radius 2 is 1.79 bits per heavy atom. The second-order valence-electron chi connectivity index (χ2n) is 5.55. The lowest BCUT2D eigenvalue weighted by Crippen LogP contribution is -2.34. The van der Waals surface area contributed by atoms with Crippen LogP contribution in [0.3, 0.4) is 0 Å². The van der Waals surface area contributed by atoms with Gasteiger partial charge in [-0.2, -0.15) is 0 Å². The number of benzene rings is 2. The number of phenolic OH excluding ortho intramolecular Hbond substituents is 1. The lowest BCUT2D eigenvalue weighted by molar-refractivity contribution is -0.121. The molecule has 4 rings (SSSR count). The third kappa shape index (κ3) is 2.40. The van der Waals surface area contributed by atoms with Gasteiger partial charge >= 0.3 is 0 Å². The average Bonchev–Trinajstić information content (AvgIpc) is 3.13. The molecule has 2 N–H and O–H groups in total. The lowest BCUT2D eigenvalue weighted by Gasteiger charge is -2.16. The molecule has 1 fully saturated rings. The highest BCUT2D eigenvalue weighted by molar-refractivity contribution is 6.23. The van der Waals surface area contributed by atoms with Crippen molar-refractivity contribution in [3.8, 4) is 17.2 Å². The molecular weight excluding hydrogens is 312 g/mol. The Hall–Kier alpha value is -3.22. The maximum absolute atomic E-state index is 12.6. The number of hydrogen-bond donors (Lipinski definition) is 2. The standard InChI is InChI=1S/C17H14N2O5/c20-12-4-2-11(3-5-12)19-16(21)8-13(17(19)22)18-10-1-6-14-15(7-10)24-9-23-14/h1-7,13,18,20H,8-9H2. The van der Waals surface area contributed by atoms with Crippen LogP contribution in [0.15, 0.2) is 42.5 Å². The van der Waals surface area contributed by atoms with Gasteiger partial charge in [-0.15, -0.1) is 0 Å². The molecule has 2 heterocycles. The Bertz CT molecular complexity index is 818. The Kier molecular flexibility index (Phi) is 3.26. The molecule has 122 valence electrons. The second-order valence-corrected chi connectivity index (χ2v) is 5.55. The van der Waals surface area contributed by atoms with Crippen molar-refractivity contribution in [2.45, 2.75) is 12.5 Å². The predicted molar refractivity (Wildman–Crippen MR) is 85.2 cm³/mol. The molecule has 2 aliphatic rings. The summed E-state index contributed by atoms with van der Waals surface area (Å²) in [5.41, 5.74) is 1.12. The summed E-state index contributed by atoms with van der Waals surface area (Å²) in [6.45, 7) is 0.175. The minimum atomic E-state index is -0.647. The number of amides is 2. The summed E-state index contributed by atoms with van der Waals surface area (Å²) < 4.78 is 10.6. The van der Waals surface area contributed by atoms with Gasteiger partial charge in [0, 0.05) is 11.8 Å². The zero-order valence-electron chi connectivity index (χ0n) is 12.6. The van der Waals surface area contributed by atoms with Crippen molar-refractivity contribution in [1.82, 2.24) is 0 Å². The van der Waals surface area contributed by atoms with Gasteiger partial charge in [0.15, 0.2) is 11.5 Å². The zero-order valence-corrected chi connectivity index (χ0v) is 12.6. The van der Waals surface area contributed by atoms with Crippen molar-refractivity contribution in [1.29, 1.82) is 0 Å². The van der Waals surface area contributed by atoms with Gasteiger partial charge in [-0.05, 0) is 36.4 Å². The van der Waals surface area contributed by atoms with Gasteiger partial charge in [-0.25, -0.2) is 4.90 Å². The Balaban J connectivity index is 1.54. The number of ether oxygens (including phenoxy) is 2. The maximum Gasteiger partial charge on any atom is 0.256 e. The van der Waals surface area contributed by atoms with Crippen LogP contribution in [0.25, 0.3) is 0 Å². The van der Waals surface area contributed by atoms with Crippen LogP contribution in [0.2, 0.25) is 0 Å². The monoisotopic (exact) mass is 326 g/mol. The normalized spacial score (nSPS) is 19.0. The third-order valence-electron chi connectivity index (χ3n) is 3.97. The van der Waals surface area contributed by atoms with E-state index in [9.17, 15) is 14.7 Å². The molecule has 1 atom stereocenters. The molecule has 2 aliphatic heterocycles. The van der Waals surface area contributed by atoms with Crippen LogP contribution < -0.4 is 19.7 Å². The van der Waals surface area contributed by atoms with Crippen molar-refractivity contribution in [3.63, 3.8) is 0 Å². The van der Waals surface area contributed by atoms with E-state index in [-0.39, 0.29) is 30.8 Å². The molecule has 0 saturated carbocycles. The predicted octanol–water partition coefficient (Wildman–Crippen LogP) is 1.86. The average molecular weight is 326 g/mol. The topological polar surface area (TPSA) is 88.1 Å². The summed E-state index contributed by atoms with van der Waals surface area (Å²) in [5, 5.41) is 12.4. The van der Waals surface area contributed by atoms with Crippen molar-refractivity contribution >= 4 is 23.2 Å². The molecule has 0 aliphatic carbocycles. The van der Waals surface area contributed by atoms with Crippen molar-refractivity contribution in [2.75, 3.05) is 17.0 Å². The van der Waals surface area contributed by atoms with E-state index in [1.54, 1.807) is 18.2 Å². The summed E-state index contributed by atoms with van der Waals surface area (Å²) in [6, 6.07) is 10.6. The summed E-state index contributed by atoms with van der Waals surface area (Å²) in [6.07, 6.45) is 0.0636. The number of nitrogens with zero attached hydrogens (tertiary/aromatic N) is 1. The van der Waals surface area contributed by atoms with E-state index in [1.807, 2.05) is 0 Å². The number of anilines is 2. The molecule has 7 heteroatoms. The number of hydrogen-bond acceptors (Lipinski definition) is 6. The number of carbonyl (C=O) groups excluding carboxylic acids is 2. The molecular formula is C17H14N2O5. The molecule has 1 saturated heterocycles. The fourth-order valence-electron chi connectivity index (χ4n) is 2.81. The molecule has 0 bridgehead atoms. The summed E-state index contributed by atoms with van der Waals surface area (Å²) >= 11 is 0.